The van der Waals surface area contributed by atoms with Crippen LogP contribution in [0.5, 0.6) is 0 Å². The van der Waals surface area contributed by atoms with Gasteiger partial charge in [-0.15, -0.1) is 11.6 Å². The van der Waals surface area contributed by atoms with Crippen LogP contribution >= 0.6 is 11.6 Å². The normalized spacial score (nSPS) is 45.4. The van der Waals surface area contributed by atoms with E-state index in [1.807, 2.05) is 0 Å². The van der Waals surface area contributed by atoms with Crippen molar-refractivity contribution in [2.45, 2.75) is 63.8 Å². The average Bonchev–Trinajstić information content (AvgIpc) is 3.16. The zero-order valence-corrected chi connectivity index (χ0v) is 12.7. The van der Waals surface area contributed by atoms with Crippen molar-refractivity contribution >= 4 is 17.5 Å². The monoisotopic (exact) mass is 283 g/mol. The van der Waals surface area contributed by atoms with E-state index in [0.717, 1.165) is 18.8 Å². The van der Waals surface area contributed by atoms with Crippen LogP contribution in [0.2, 0.25) is 0 Å². The molecule has 2 unspecified atom stereocenters. The Morgan fingerprint density at radius 2 is 1.74 bits per heavy atom. The zero-order chi connectivity index (χ0) is 13.5. The molecule has 3 heteroatoms. The quantitative estimate of drug-likeness (QED) is 0.786. The number of fused-ring (bicyclic) bond motifs is 1. The fourth-order valence-corrected chi connectivity index (χ4v) is 4.67. The van der Waals surface area contributed by atoms with Crippen molar-refractivity contribution in [1.82, 2.24) is 5.32 Å². The fourth-order valence-electron chi connectivity index (χ4n) is 4.33. The van der Waals surface area contributed by atoms with Gasteiger partial charge in [0.2, 0.25) is 5.91 Å². The zero-order valence-electron chi connectivity index (χ0n) is 12.0. The minimum Gasteiger partial charge on any atom is -0.349 e. The minimum atomic E-state index is -0.100. The Morgan fingerprint density at radius 3 is 2.26 bits per heavy atom. The largest absolute Gasteiger partial charge is 0.349 e. The molecule has 1 amide bonds. The number of carbonyl (C=O) groups is 1. The first-order valence-electron chi connectivity index (χ1n) is 8.03. The van der Waals surface area contributed by atoms with Gasteiger partial charge in [0.1, 0.15) is 0 Å². The molecule has 1 N–H and O–H groups in total. The summed E-state index contributed by atoms with van der Waals surface area (Å²) in [6, 6.07) is 0. The third-order valence-corrected chi connectivity index (χ3v) is 6.35. The van der Waals surface area contributed by atoms with E-state index in [4.69, 9.17) is 11.6 Å². The summed E-state index contributed by atoms with van der Waals surface area (Å²) in [5.74, 6) is 3.39. The van der Waals surface area contributed by atoms with Gasteiger partial charge >= 0.3 is 0 Å². The maximum Gasteiger partial charge on any atom is 0.224 e. The van der Waals surface area contributed by atoms with Gasteiger partial charge in [0.05, 0.1) is 5.54 Å². The van der Waals surface area contributed by atoms with Gasteiger partial charge in [-0.3, -0.25) is 4.79 Å². The first-order chi connectivity index (χ1) is 9.15. The first-order valence-corrected chi connectivity index (χ1v) is 8.57. The van der Waals surface area contributed by atoms with Crippen LogP contribution in [0.3, 0.4) is 0 Å². The standard InChI is InChI=1S/C16H26ClNO/c1-11-6-8-16(10-17,9-7-11)18-15(19)14-12-4-2-3-5-13(12)14/h11-14H,2-10H2,1H3,(H,18,19). The molecule has 0 aromatic heterocycles. The summed E-state index contributed by atoms with van der Waals surface area (Å²) in [5, 5.41) is 3.35. The molecule has 3 rings (SSSR count). The maximum absolute atomic E-state index is 12.5. The van der Waals surface area contributed by atoms with Crippen molar-refractivity contribution in [3.8, 4) is 0 Å². The number of halogens is 1. The number of nitrogens with one attached hydrogen (secondary N) is 1. The van der Waals surface area contributed by atoms with E-state index in [2.05, 4.69) is 12.2 Å². The van der Waals surface area contributed by atoms with Crippen molar-refractivity contribution in [1.29, 1.82) is 0 Å². The summed E-state index contributed by atoms with van der Waals surface area (Å²) in [6.07, 6.45) is 9.71. The fraction of sp³-hybridized carbons (Fsp3) is 0.938. The second-order valence-electron chi connectivity index (χ2n) is 7.22. The molecule has 3 aliphatic rings. The van der Waals surface area contributed by atoms with Crippen LogP contribution in [-0.2, 0) is 4.79 Å². The summed E-state index contributed by atoms with van der Waals surface area (Å²) in [5.41, 5.74) is -0.100. The molecular weight excluding hydrogens is 258 g/mol. The molecule has 0 bridgehead atoms. The number of rotatable bonds is 3. The van der Waals surface area contributed by atoms with Crippen LogP contribution in [0.25, 0.3) is 0 Å². The molecule has 0 saturated heterocycles. The molecule has 0 aromatic rings. The second kappa shape index (κ2) is 5.27. The van der Waals surface area contributed by atoms with Crippen molar-refractivity contribution in [3.63, 3.8) is 0 Å². The smallest absolute Gasteiger partial charge is 0.224 e. The van der Waals surface area contributed by atoms with Gasteiger partial charge < -0.3 is 5.32 Å². The topological polar surface area (TPSA) is 29.1 Å². The van der Waals surface area contributed by atoms with E-state index in [1.54, 1.807) is 0 Å². The van der Waals surface area contributed by atoms with Gasteiger partial charge in [0, 0.05) is 11.8 Å². The second-order valence-corrected chi connectivity index (χ2v) is 7.49. The van der Waals surface area contributed by atoms with E-state index in [-0.39, 0.29) is 5.54 Å². The minimum absolute atomic E-state index is 0.100. The van der Waals surface area contributed by atoms with Gasteiger partial charge in [-0.25, -0.2) is 0 Å². The highest BCUT2D eigenvalue weighted by Crippen LogP contribution is 2.55. The Hall–Kier alpha value is -0.240. The molecule has 2 atom stereocenters. The van der Waals surface area contributed by atoms with Gasteiger partial charge in [-0.1, -0.05) is 19.8 Å². The summed E-state index contributed by atoms with van der Waals surface area (Å²) >= 11 is 6.19. The predicted octanol–water partition coefficient (Wildman–Crippen LogP) is 3.73. The Morgan fingerprint density at radius 1 is 1.16 bits per heavy atom. The number of amides is 1. The molecule has 0 spiro atoms. The summed E-state index contributed by atoms with van der Waals surface area (Å²) in [6.45, 7) is 2.30. The van der Waals surface area contributed by atoms with E-state index in [0.29, 0.717) is 29.5 Å². The highest BCUT2D eigenvalue weighted by Gasteiger charge is 2.55. The van der Waals surface area contributed by atoms with Crippen LogP contribution in [0.15, 0.2) is 0 Å². The molecule has 3 fully saturated rings. The van der Waals surface area contributed by atoms with Crippen molar-refractivity contribution in [2.75, 3.05) is 5.88 Å². The van der Waals surface area contributed by atoms with E-state index in [1.165, 1.54) is 38.5 Å². The summed E-state index contributed by atoms with van der Waals surface area (Å²) in [4.78, 5) is 12.5. The molecule has 0 aromatic carbocycles. The average molecular weight is 284 g/mol. The lowest BCUT2D eigenvalue weighted by atomic mass is 9.78. The van der Waals surface area contributed by atoms with Gasteiger partial charge in [-0.2, -0.15) is 0 Å². The lowest BCUT2D eigenvalue weighted by Gasteiger charge is -2.39. The van der Waals surface area contributed by atoms with Crippen molar-refractivity contribution in [3.05, 3.63) is 0 Å². The summed E-state index contributed by atoms with van der Waals surface area (Å²) < 4.78 is 0. The Balaban J connectivity index is 1.59. The number of carbonyl (C=O) groups excluding carboxylic acids is 1. The first kappa shape index (κ1) is 13.7. The molecule has 0 heterocycles. The highest BCUT2D eigenvalue weighted by atomic mass is 35.5. The lowest BCUT2D eigenvalue weighted by molar-refractivity contribution is -0.125. The van der Waals surface area contributed by atoms with E-state index in [9.17, 15) is 4.79 Å². The molecule has 2 nitrogen and oxygen atoms in total. The molecule has 0 radical (unpaired) electrons. The van der Waals surface area contributed by atoms with Gasteiger partial charge in [-0.05, 0) is 56.3 Å². The number of hydrogen-bond acceptors (Lipinski definition) is 1. The predicted molar refractivity (Wildman–Crippen MR) is 78.2 cm³/mol. The van der Waals surface area contributed by atoms with Gasteiger partial charge in [0.25, 0.3) is 0 Å². The Kier molecular flexibility index (Phi) is 3.81. The van der Waals surface area contributed by atoms with Crippen LogP contribution in [0.4, 0.5) is 0 Å². The molecule has 3 aliphatic carbocycles. The van der Waals surface area contributed by atoms with Crippen molar-refractivity contribution in [2.24, 2.45) is 23.7 Å². The third-order valence-electron chi connectivity index (χ3n) is 5.83. The molecule has 108 valence electrons. The molecule has 0 aliphatic heterocycles. The Bertz CT molecular complexity index is 337. The third kappa shape index (κ3) is 2.66. The van der Waals surface area contributed by atoms with Crippen LogP contribution < -0.4 is 5.32 Å². The van der Waals surface area contributed by atoms with Crippen LogP contribution in [0.1, 0.15) is 58.3 Å². The lowest BCUT2D eigenvalue weighted by Crippen LogP contribution is -2.52. The summed E-state index contributed by atoms with van der Waals surface area (Å²) in [7, 11) is 0. The maximum atomic E-state index is 12.5. The molecule has 3 saturated carbocycles. The van der Waals surface area contributed by atoms with E-state index < -0.39 is 0 Å². The van der Waals surface area contributed by atoms with Gasteiger partial charge in [0.15, 0.2) is 0 Å². The number of alkyl halides is 1. The molecule has 19 heavy (non-hydrogen) atoms. The van der Waals surface area contributed by atoms with Crippen molar-refractivity contribution < 1.29 is 4.79 Å². The highest BCUT2D eigenvalue weighted by molar-refractivity contribution is 6.18. The molecular formula is C16H26ClNO. The van der Waals surface area contributed by atoms with E-state index >= 15 is 0 Å². The van der Waals surface area contributed by atoms with Crippen LogP contribution in [0, 0.1) is 23.7 Å². The number of hydrogen-bond donors (Lipinski definition) is 1. The Labute approximate surface area is 121 Å². The van der Waals surface area contributed by atoms with Crippen LogP contribution in [-0.4, -0.2) is 17.3 Å². The SMILES string of the molecule is CC1CCC(CCl)(NC(=O)C2C3CCCCC32)CC1.